The van der Waals surface area contributed by atoms with Gasteiger partial charge in [0.05, 0.1) is 0 Å². The monoisotopic (exact) mass is 422 g/mol. The zero-order valence-electron chi connectivity index (χ0n) is 19.0. The molecule has 5 heteroatoms. The van der Waals surface area contributed by atoms with Crippen molar-refractivity contribution in [2.75, 3.05) is 0 Å². The normalized spacial score (nSPS) is 11.8. The number of benzene rings is 2. The van der Waals surface area contributed by atoms with Crippen LogP contribution < -0.4 is 0 Å². The van der Waals surface area contributed by atoms with E-state index in [1.54, 1.807) is 0 Å². The number of rotatable bonds is 4. The Morgan fingerprint density at radius 3 is 1.97 bits per heavy atom. The third kappa shape index (κ3) is 3.54. The van der Waals surface area contributed by atoms with Crippen molar-refractivity contribution in [1.29, 1.82) is 0 Å². The number of nitrogens with zero attached hydrogens (tertiary/aromatic N) is 4. The number of aryl methyl sites for hydroxylation is 1. The van der Waals surface area contributed by atoms with Gasteiger partial charge in [-0.05, 0) is 24.6 Å². The largest absolute Gasteiger partial charge is 0.437 e. The van der Waals surface area contributed by atoms with Gasteiger partial charge < -0.3 is 4.42 Å². The lowest BCUT2D eigenvalue weighted by atomic mass is 10.0. The molecule has 3 heterocycles. The predicted molar refractivity (Wildman–Crippen MR) is 129 cm³/mol. The van der Waals surface area contributed by atoms with E-state index in [-0.39, 0.29) is 11.8 Å². The van der Waals surface area contributed by atoms with E-state index in [0.29, 0.717) is 5.71 Å². The summed E-state index contributed by atoms with van der Waals surface area (Å²) in [5, 5.41) is 2.12. The maximum Gasteiger partial charge on any atom is 0.227 e. The first-order chi connectivity index (χ1) is 15.4. The Labute approximate surface area is 187 Å². The van der Waals surface area contributed by atoms with Gasteiger partial charge in [-0.2, -0.15) is 0 Å². The maximum absolute atomic E-state index is 6.17. The van der Waals surface area contributed by atoms with Crippen LogP contribution in [0.2, 0.25) is 0 Å². The molecule has 5 aromatic rings. The van der Waals surface area contributed by atoms with Crippen LogP contribution in [0.3, 0.4) is 0 Å². The van der Waals surface area contributed by atoms with Crippen molar-refractivity contribution in [2.24, 2.45) is 0 Å². The molecule has 0 unspecified atom stereocenters. The van der Waals surface area contributed by atoms with Crippen LogP contribution in [0.4, 0.5) is 0 Å². The number of fused-ring (bicyclic) bond motifs is 3. The van der Waals surface area contributed by atoms with Crippen LogP contribution in [0.25, 0.3) is 44.6 Å². The molecule has 0 saturated carbocycles. The molecule has 0 fully saturated rings. The van der Waals surface area contributed by atoms with Gasteiger partial charge in [0.2, 0.25) is 5.71 Å². The lowest BCUT2D eigenvalue weighted by molar-refractivity contribution is 0.653. The van der Waals surface area contributed by atoms with Gasteiger partial charge in [0.15, 0.2) is 5.82 Å². The average Bonchev–Trinajstić information content (AvgIpc) is 3.16. The molecule has 0 saturated heterocycles. The minimum atomic E-state index is 0.247. The van der Waals surface area contributed by atoms with Gasteiger partial charge in [-0.25, -0.2) is 19.9 Å². The second-order valence-corrected chi connectivity index (χ2v) is 8.85. The number of hydrogen-bond acceptors (Lipinski definition) is 5. The second-order valence-electron chi connectivity index (χ2n) is 8.85. The minimum absolute atomic E-state index is 0.247. The van der Waals surface area contributed by atoms with Crippen molar-refractivity contribution in [1.82, 2.24) is 19.9 Å². The molecular weight excluding hydrogens is 396 g/mol. The molecule has 0 radical (unpaired) electrons. The molecule has 0 aliphatic heterocycles. The standard InChI is InChI=1S/C27H26N4O/c1-15(2)24-29-25(16(3)4)31-26(30-24)19-12-10-18(11-13-19)20-7-6-8-21-22-14-9-17(5)28-27(22)32-23(20)21/h6-16H,1-5H3. The smallest absolute Gasteiger partial charge is 0.227 e. The number of hydrogen-bond donors (Lipinski definition) is 0. The average molecular weight is 423 g/mol. The van der Waals surface area contributed by atoms with E-state index in [1.165, 1.54) is 0 Å². The first kappa shape index (κ1) is 20.3. The van der Waals surface area contributed by atoms with Crippen LogP contribution in [0.15, 0.2) is 59.0 Å². The van der Waals surface area contributed by atoms with Crippen LogP contribution in [0.1, 0.15) is 56.9 Å². The van der Waals surface area contributed by atoms with E-state index >= 15 is 0 Å². The van der Waals surface area contributed by atoms with Crippen molar-refractivity contribution >= 4 is 22.1 Å². The van der Waals surface area contributed by atoms with Gasteiger partial charge in [0, 0.05) is 39.4 Å². The van der Waals surface area contributed by atoms with Gasteiger partial charge in [0.1, 0.15) is 17.2 Å². The molecule has 3 aromatic heterocycles. The third-order valence-electron chi connectivity index (χ3n) is 5.66. The topological polar surface area (TPSA) is 64.7 Å². The van der Waals surface area contributed by atoms with Crippen LogP contribution in [0, 0.1) is 6.92 Å². The molecule has 0 spiro atoms. The van der Waals surface area contributed by atoms with E-state index in [1.807, 2.05) is 13.0 Å². The summed E-state index contributed by atoms with van der Waals surface area (Å²) in [5.41, 5.74) is 5.59. The summed E-state index contributed by atoms with van der Waals surface area (Å²) in [6.07, 6.45) is 0. The molecule has 32 heavy (non-hydrogen) atoms. The lowest BCUT2D eigenvalue weighted by Crippen LogP contribution is -2.08. The summed E-state index contributed by atoms with van der Waals surface area (Å²) >= 11 is 0. The van der Waals surface area contributed by atoms with Crippen molar-refractivity contribution in [3.63, 3.8) is 0 Å². The fourth-order valence-electron chi connectivity index (χ4n) is 3.85. The van der Waals surface area contributed by atoms with Gasteiger partial charge in [-0.1, -0.05) is 70.2 Å². The molecule has 160 valence electrons. The van der Waals surface area contributed by atoms with E-state index < -0.39 is 0 Å². The van der Waals surface area contributed by atoms with Gasteiger partial charge in [-0.15, -0.1) is 0 Å². The summed E-state index contributed by atoms with van der Waals surface area (Å²) in [4.78, 5) is 18.7. The summed E-state index contributed by atoms with van der Waals surface area (Å²) < 4.78 is 6.17. The molecule has 0 bridgehead atoms. The molecule has 5 nitrogen and oxygen atoms in total. The predicted octanol–water partition coefficient (Wildman–Crippen LogP) is 7.06. The fourth-order valence-corrected chi connectivity index (χ4v) is 3.85. The molecule has 0 N–H and O–H groups in total. The number of para-hydroxylation sites is 1. The van der Waals surface area contributed by atoms with Gasteiger partial charge >= 0.3 is 0 Å². The van der Waals surface area contributed by atoms with Crippen molar-refractivity contribution in [2.45, 2.75) is 46.5 Å². The number of pyridine rings is 1. The van der Waals surface area contributed by atoms with Crippen LogP contribution in [0.5, 0.6) is 0 Å². The maximum atomic E-state index is 6.17. The van der Waals surface area contributed by atoms with Crippen molar-refractivity contribution < 1.29 is 4.42 Å². The Morgan fingerprint density at radius 1 is 0.656 bits per heavy atom. The number of furan rings is 1. The molecule has 0 aliphatic rings. The number of aromatic nitrogens is 4. The quantitative estimate of drug-likeness (QED) is 0.310. The Hall–Kier alpha value is -3.60. The van der Waals surface area contributed by atoms with Crippen LogP contribution in [-0.4, -0.2) is 19.9 Å². The summed E-state index contributed by atoms with van der Waals surface area (Å²) in [5.74, 6) is 2.88. The summed E-state index contributed by atoms with van der Waals surface area (Å²) in [7, 11) is 0. The zero-order valence-corrected chi connectivity index (χ0v) is 19.0. The minimum Gasteiger partial charge on any atom is -0.437 e. The van der Waals surface area contributed by atoms with Crippen LogP contribution in [-0.2, 0) is 0 Å². The molecular formula is C27H26N4O. The Balaban J connectivity index is 1.59. The zero-order chi connectivity index (χ0) is 22.4. The van der Waals surface area contributed by atoms with Crippen molar-refractivity contribution in [3.8, 4) is 22.5 Å². The van der Waals surface area contributed by atoms with Gasteiger partial charge in [0.25, 0.3) is 0 Å². The SMILES string of the molecule is Cc1ccc2c(n1)oc1c(-c3ccc(-c4nc(C(C)C)nc(C(C)C)n4)cc3)cccc12. The molecule has 0 aliphatic carbocycles. The van der Waals surface area contributed by atoms with Crippen molar-refractivity contribution in [3.05, 3.63) is 71.9 Å². The van der Waals surface area contributed by atoms with Crippen LogP contribution >= 0.6 is 0 Å². The molecule has 0 amide bonds. The molecule has 5 rings (SSSR count). The van der Waals surface area contributed by atoms with E-state index in [0.717, 1.165) is 56.2 Å². The van der Waals surface area contributed by atoms with E-state index in [2.05, 4.69) is 86.2 Å². The first-order valence-electron chi connectivity index (χ1n) is 11.1. The van der Waals surface area contributed by atoms with Gasteiger partial charge in [-0.3, -0.25) is 0 Å². The first-order valence-corrected chi connectivity index (χ1v) is 11.1. The van der Waals surface area contributed by atoms with E-state index in [4.69, 9.17) is 14.4 Å². The van der Waals surface area contributed by atoms with E-state index in [9.17, 15) is 0 Å². The summed E-state index contributed by atoms with van der Waals surface area (Å²) in [6.45, 7) is 10.4. The third-order valence-corrected chi connectivity index (χ3v) is 5.66. The summed E-state index contributed by atoms with van der Waals surface area (Å²) in [6, 6.07) is 18.7. The highest BCUT2D eigenvalue weighted by Crippen LogP contribution is 2.35. The fraction of sp³-hybridized carbons (Fsp3) is 0.259. The molecule has 2 aromatic carbocycles. The Morgan fingerprint density at radius 2 is 1.31 bits per heavy atom. The lowest BCUT2D eigenvalue weighted by Gasteiger charge is -2.11. The second kappa shape index (κ2) is 7.83. The highest BCUT2D eigenvalue weighted by Gasteiger charge is 2.15. The highest BCUT2D eigenvalue weighted by atomic mass is 16.3. The Kier molecular flexibility index (Phi) is 4.97. The molecule has 0 atom stereocenters. The Bertz CT molecular complexity index is 1410. The highest BCUT2D eigenvalue weighted by molar-refractivity contribution is 6.08.